The van der Waals surface area contributed by atoms with Crippen molar-refractivity contribution in [3.05, 3.63) is 23.3 Å². The van der Waals surface area contributed by atoms with Crippen LogP contribution in [0.1, 0.15) is 24.6 Å². The number of piperidine rings is 2. The molecule has 202 valence electrons. The van der Waals surface area contributed by atoms with Crippen molar-refractivity contribution in [1.29, 1.82) is 0 Å². The molecular weight excluding hydrogens is 506 g/mol. The Morgan fingerprint density at radius 1 is 1.27 bits per heavy atom. The van der Waals surface area contributed by atoms with Gasteiger partial charge in [-0.3, -0.25) is 5.32 Å². The van der Waals surface area contributed by atoms with Crippen LogP contribution in [0.2, 0.25) is 0 Å². The molecule has 4 heterocycles. The monoisotopic (exact) mass is 538 g/mol. The molecule has 0 saturated carbocycles. The van der Waals surface area contributed by atoms with Crippen LogP contribution in [-0.2, 0) is 0 Å². The van der Waals surface area contributed by atoms with Gasteiger partial charge in [0.1, 0.15) is 6.04 Å². The van der Waals surface area contributed by atoms with Crippen molar-refractivity contribution >= 4 is 34.5 Å². The first-order valence-electron chi connectivity index (χ1n) is 12.1. The molecule has 0 radical (unpaired) electrons. The van der Waals surface area contributed by atoms with E-state index < -0.39 is 30.5 Å². The Kier molecular flexibility index (Phi) is 8.07. The van der Waals surface area contributed by atoms with Crippen LogP contribution < -0.4 is 20.3 Å². The molecule has 2 aliphatic rings. The van der Waals surface area contributed by atoms with Gasteiger partial charge in [-0.1, -0.05) is 6.92 Å². The number of amides is 3. The van der Waals surface area contributed by atoms with E-state index in [0.29, 0.717) is 5.13 Å². The van der Waals surface area contributed by atoms with E-state index in [9.17, 15) is 18.4 Å². The summed E-state index contributed by atoms with van der Waals surface area (Å²) in [5, 5.41) is 5.79. The van der Waals surface area contributed by atoms with E-state index in [1.54, 1.807) is 11.1 Å². The van der Waals surface area contributed by atoms with Gasteiger partial charge in [0.05, 0.1) is 0 Å². The summed E-state index contributed by atoms with van der Waals surface area (Å²) in [7, 11) is 3.37. The van der Waals surface area contributed by atoms with Crippen LogP contribution in [0.15, 0.2) is 18.5 Å². The van der Waals surface area contributed by atoms with Gasteiger partial charge in [0.25, 0.3) is 5.92 Å². The second kappa shape index (κ2) is 11.1. The van der Waals surface area contributed by atoms with Crippen LogP contribution in [0.25, 0.3) is 0 Å². The molecule has 0 bridgehead atoms. The highest BCUT2D eigenvalue weighted by Crippen LogP contribution is 2.33. The lowest BCUT2D eigenvalue weighted by atomic mass is 9.94. The maximum absolute atomic E-state index is 14.9. The molecule has 37 heavy (non-hydrogen) atoms. The van der Waals surface area contributed by atoms with Crippen molar-refractivity contribution in [2.45, 2.75) is 44.7 Å². The van der Waals surface area contributed by atoms with Crippen LogP contribution in [0.5, 0.6) is 5.88 Å². The second-order valence-electron chi connectivity index (χ2n) is 9.65. The number of anilines is 2. The number of urea groups is 1. The summed E-state index contributed by atoms with van der Waals surface area (Å²) < 4.78 is 35.1. The Bertz CT molecular complexity index is 1120. The van der Waals surface area contributed by atoms with E-state index in [1.165, 1.54) is 30.6 Å². The van der Waals surface area contributed by atoms with Crippen molar-refractivity contribution in [3.63, 3.8) is 0 Å². The average Bonchev–Trinajstić information content (AvgIpc) is 3.24. The molecule has 0 aromatic carbocycles. The first-order chi connectivity index (χ1) is 17.5. The zero-order valence-corrected chi connectivity index (χ0v) is 22.1. The third-order valence-corrected chi connectivity index (χ3v) is 7.56. The third-order valence-electron chi connectivity index (χ3n) is 6.73. The number of nitrogens with one attached hydrogen (secondary N) is 2. The van der Waals surface area contributed by atoms with Gasteiger partial charge in [-0.2, -0.15) is 4.98 Å². The number of nitrogens with zero attached hydrogens (tertiary/aromatic N) is 6. The van der Waals surface area contributed by atoms with Crippen LogP contribution in [0, 0.1) is 12.8 Å². The fraction of sp³-hybridized carbons (Fsp3) is 0.609. The van der Waals surface area contributed by atoms with Crippen molar-refractivity contribution in [2.75, 3.05) is 50.5 Å². The predicted molar refractivity (Wildman–Crippen MR) is 135 cm³/mol. The van der Waals surface area contributed by atoms with E-state index in [0.717, 1.165) is 29.3 Å². The Labute approximate surface area is 218 Å². The van der Waals surface area contributed by atoms with Gasteiger partial charge < -0.3 is 24.8 Å². The maximum Gasteiger partial charge on any atom is 0.414 e. The Morgan fingerprint density at radius 3 is 2.76 bits per heavy atom. The molecule has 11 nitrogen and oxygen atoms in total. The summed E-state index contributed by atoms with van der Waals surface area (Å²) in [4.78, 5) is 43.3. The first kappa shape index (κ1) is 26.9. The van der Waals surface area contributed by atoms with Gasteiger partial charge in [-0.25, -0.2) is 28.3 Å². The molecule has 2 fully saturated rings. The maximum atomic E-state index is 14.9. The lowest BCUT2D eigenvalue weighted by Gasteiger charge is -2.42. The van der Waals surface area contributed by atoms with Gasteiger partial charge in [-0.05, 0) is 32.9 Å². The number of carbonyl (C=O) groups is 2. The number of halogens is 2. The quantitative estimate of drug-likeness (QED) is 0.597. The smallest absolute Gasteiger partial charge is 0.391 e. The standard InChI is InChI=1S/C23H32F2N8O3S/c1-14-12-31(3)9-6-16(14)28-22(35)36-18-5-8-26-19(29-18)33-10-7-23(24,25)17(13-33)32(4)21(34)30-20-27-11-15(2)37-20/h5,8,11,14,16-17H,6-7,9-10,12-13H2,1-4H3,(H,28,35)(H,27,30,34)/t14-,16+,17+/m1/s1. The largest absolute Gasteiger partial charge is 0.414 e. The number of likely N-dealkylation sites (tertiary alicyclic amines) is 1. The fourth-order valence-corrected chi connectivity index (χ4v) is 5.25. The number of alkyl halides is 2. The zero-order chi connectivity index (χ0) is 26.7. The van der Waals surface area contributed by atoms with Gasteiger partial charge in [-0.15, -0.1) is 11.3 Å². The molecule has 2 aromatic rings. The van der Waals surface area contributed by atoms with Crippen LogP contribution in [0.4, 0.5) is 29.4 Å². The molecule has 3 amide bonds. The van der Waals surface area contributed by atoms with Crippen LogP contribution >= 0.6 is 11.3 Å². The predicted octanol–water partition coefficient (Wildman–Crippen LogP) is 3.05. The van der Waals surface area contributed by atoms with E-state index >= 15 is 0 Å². The van der Waals surface area contributed by atoms with Crippen molar-refractivity contribution in [1.82, 2.24) is 30.1 Å². The van der Waals surface area contributed by atoms with Gasteiger partial charge in [0.15, 0.2) is 5.13 Å². The SMILES string of the molecule is Cc1cnc(NC(=O)N(C)[C@H]2CN(c3nccc(OC(=O)N[C@H]4CCN(C)C[C@H]4C)n3)CCC2(F)F)s1. The van der Waals surface area contributed by atoms with Gasteiger partial charge in [0.2, 0.25) is 11.8 Å². The topological polar surface area (TPSA) is 116 Å². The van der Waals surface area contributed by atoms with E-state index in [1.807, 2.05) is 14.0 Å². The molecule has 2 saturated heterocycles. The van der Waals surface area contributed by atoms with Crippen LogP contribution in [-0.4, -0.2) is 95.2 Å². The van der Waals surface area contributed by atoms with E-state index in [2.05, 4.69) is 37.4 Å². The zero-order valence-electron chi connectivity index (χ0n) is 21.3. The molecule has 0 spiro atoms. The summed E-state index contributed by atoms with van der Waals surface area (Å²) in [5.74, 6) is -2.68. The average molecular weight is 539 g/mol. The number of thiazole rings is 1. The van der Waals surface area contributed by atoms with E-state index in [-0.39, 0.29) is 36.9 Å². The molecule has 14 heteroatoms. The number of ether oxygens (including phenoxy) is 1. The molecule has 2 aliphatic heterocycles. The summed E-state index contributed by atoms with van der Waals surface area (Å²) in [5.41, 5.74) is 0. The fourth-order valence-electron chi connectivity index (χ4n) is 4.59. The second-order valence-corrected chi connectivity index (χ2v) is 10.9. The number of hydrogen-bond donors (Lipinski definition) is 2. The normalized spacial score (nSPS) is 23.8. The summed E-state index contributed by atoms with van der Waals surface area (Å²) in [6.45, 7) is 5.44. The molecule has 2 aromatic heterocycles. The van der Waals surface area contributed by atoms with Crippen molar-refractivity contribution in [2.24, 2.45) is 5.92 Å². The number of rotatable bonds is 5. The molecule has 2 N–H and O–H groups in total. The number of aromatic nitrogens is 3. The lowest BCUT2D eigenvalue weighted by molar-refractivity contribution is -0.0760. The molecule has 3 atom stereocenters. The lowest BCUT2D eigenvalue weighted by Crippen LogP contribution is -2.60. The number of hydrogen-bond acceptors (Lipinski definition) is 9. The highest BCUT2D eigenvalue weighted by molar-refractivity contribution is 7.15. The van der Waals surface area contributed by atoms with Crippen LogP contribution in [0.3, 0.4) is 0 Å². The molecule has 0 aliphatic carbocycles. The summed E-state index contributed by atoms with van der Waals surface area (Å²) >= 11 is 1.26. The van der Waals surface area contributed by atoms with Gasteiger partial charge >= 0.3 is 12.1 Å². The van der Waals surface area contributed by atoms with E-state index in [4.69, 9.17) is 4.74 Å². The minimum Gasteiger partial charge on any atom is -0.391 e. The highest BCUT2D eigenvalue weighted by atomic mass is 32.1. The minimum atomic E-state index is -3.11. The number of carbonyl (C=O) groups excluding carboxylic acids is 2. The third kappa shape index (κ3) is 6.60. The number of likely N-dealkylation sites (N-methyl/N-ethyl adjacent to an activating group) is 1. The molecule has 0 unspecified atom stereocenters. The minimum absolute atomic E-state index is 0.00920. The Balaban J connectivity index is 1.39. The molecule has 4 rings (SSSR count). The highest BCUT2D eigenvalue weighted by Gasteiger charge is 2.48. The Morgan fingerprint density at radius 2 is 2.05 bits per heavy atom. The Hall–Kier alpha value is -3.13. The summed E-state index contributed by atoms with van der Waals surface area (Å²) in [6, 6.07) is -0.680. The first-order valence-corrected chi connectivity index (χ1v) is 12.9. The van der Waals surface area contributed by atoms with Gasteiger partial charge in [0, 0.05) is 62.5 Å². The van der Waals surface area contributed by atoms with Crippen molar-refractivity contribution < 1.29 is 23.1 Å². The number of aryl methyl sites for hydroxylation is 1. The molecular formula is C23H32F2N8O3S. The van der Waals surface area contributed by atoms with Crippen molar-refractivity contribution in [3.8, 4) is 5.88 Å². The summed E-state index contributed by atoms with van der Waals surface area (Å²) in [6.07, 6.45) is 2.70.